The predicted molar refractivity (Wildman–Crippen MR) is 82.2 cm³/mol. The van der Waals surface area contributed by atoms with Gasteiger partial charge in [-0.25, -0.2) is 9.97 Å². The van der Waals surface area contributed by atoms with Gasteiger partial charge in [0.25, 0.3) is 5.91 Å². The predicted octanol–water partition coefficient (Wildman–Crippen LogP) is 3.14. The molecule has 0 aliphatic rings. The number of carbonyl (C=O) groups excluding carboxylic acids is 1. The van der Waals surface area contributed by atoms with Gasteiger partial charge in [0.15, 0.2) is 5.82 Å². The number of nitrogens with two attached hydrogens (primary N) is 1. The molecule has 6 nitrogen and oxygen atoms in total. The summed E-state index contributed by atoms with van der Waals surface area (Å²) in [6.07, 6.45) is 3.12. The maximum Gasteiger partial charge on any atom is 0.253 e. The molecular weight excluding hydrogens is 313 g/mol. The van der Waals surface area contributed by atoms with Gasteiger partial charge in [-0.05, 0) is 12.0 Å². The van der Waals surface area contributed by atoms with Gasteiger partial charge < -0.3 is 11.1 Å². The third-order valence-corrected chi connectivity index (χ3v) is 3.19. The lowest BCUT2D eigenvalue weighted by Crippen LogP contribution is -2.16. The van der Waals surface area contributed by atoms with E-state index in [1.807, 2.05) is 13.8 Å². The number of halogens is 2. The maximum absolute atomic E-state index is 11.5. The Labute approximate surface area is 131 Å². The molecule has 0 spiro atoms. The Morgan fingerprint density at radius 1 is 1.24 bits per heavy atom. The van der Waals surface area contributed by atoms with Crippen molar-refractivity contribution in [3.63, 3.8) is 0 Å². The summed E-state index contributed by atoms with van der Waals surface area (Å²) in [6, 6.07) is 1.36. The largest absolute Gasteiger partial charge is 0.365 e. The summed E-state index contributed by atoms with van der Waals surface area (Å²) in [4.78, 5) is 24.1. The topological polar surface area (TPSA) is 93.8 Å². The van der Waals surface area contributed by atoms with Gasteiger partial charge in [-0.15, -0.1) is 0 Å². The number of pyridine rings is 1. The van der Waals surface area contributed by atoms with Crippen molar-refractivity contribution in [2.45, 2.75) is 19.8 Å². The minimum atomic E-state index is -0.707. The summed E-state index contributed by atoms with van der Waals surface area (Å²) in [7, 11) is 0. The van der Waals surface area contributed by atoms with Gasteiger partial charge in [0.05, 0.1) is 10.7 Å². The molecule has 0 fully saturated rings. The van der Waals surface area contributed by atoms with Gasteiger partial charge in [-0.2, -0.15) is 0 Å². The van der Waals surface area contributed by atoms with Crippen molar-refractivity contribution >= 4 is 40.7 Å². The second-order valence-corrected chi connectivity index (χ2v) is 5.38. The van der Waals surface area contributed by atoms with Gasteiger partial charge in [0.1, 0.15) is 16.5 Å². The number of amides is 1. The minimum Gasteiger partial charge on any atom is -0.365 e. The first-order chi connectivity index (χ1) is 9.90. The number of hydrogen-bond donors (Lipinski definition) is 2. The van der Waals surface area contributed by atoms with E-state index in [4.69, 9.17) is 28.9 Å². The molecule has 110 valence electrons. The molecule has 2 aromatic rings. The number of primary amides is 1. The fraction of sp³-hybridized carbons (Fsp3) is 0.231. The molecule has 0 aliphatic heterocycles. The van der Waals surface area contributed by atoms with E-state index in [1.165, 1.54) is 12.3 Å². The van der Waals surface area contributed by atoms with Crippen LogP contribution in [0.2, 0.25) is 10.2 Å². The number of nitrogens with zero attached hydrogens (tertiary/aromatic N) is 3. The first-order valence-corrected chi connectivity index (χ1v) is 6.89. The highest BCUT2D eigenvalue weighted by Gasteiger charge is 2.18. The quantitative estimate of drug-likeness (QED) is 0.842. The second kappa shape index (κ2) is 6.24. The van der Waals surface area contributed by atoms with Gasteiger partial charge in [-0.1, -0.05) is 37.0 Å². The standard InChI is InChI=1S/C13H13Cl2N5O/c1-6(2)10-13(18-4-3-17-10)20-12-9(11(16)21)7(14)5-8(15)19-12/h3-6H,1-2H3,(H2,16,21)(H,18,19,20). The number of aromatic nitrogens is 3. The number of anilines is 2. The van der Waals surface area contributed by atoms with Crippen LogP contribution >= 0.6 is 23.2 Å². The lowest BCUT2D eigenvalue weighted by molar-refractivity contribution is 0.100. The molecule has 0 radical (unpaired) electrons. The van der Waals surface area contributed by atoms with Crippen LogP contribution in [0.3, 0.4) is 0 Å². The summed E-state index contributed by atoms with van der Waals surface area (Å²) in [6.45, 7) is 3.95. The minimum absolute atomic E-state index is 0.0569. The zero-order chi connectivity index (χ0) is 15.6. The molecule has 0 saturated heterocycles. The molecule has 0 bridgehead atoms. The fourth-order valence-electron chi connectivity index (χ4n) is 1.79. The number of rotatable bonds is 4. The van der Waals surface area contributed by atoms with E-state index < -0.39 is 5.91 Å². The zero-order valence-corrected chi connectivity index (χ0v) is 12.9. The Morgan fingerprint density at radius 2 is 1.90 bits per heavy atom. The molecule has 0 unspecified atom stereocenters. The lowest BCUT2D eigenvalue weighted by atomic mass is 10.1. The monoisotopic (exact) mass is 325 g/mol. The van der Waals surface area contributed by atoms with E-state index in [2.05, 4.69) is 20.3 Å². The van der Waals surface area contributed by atoms with Crippen molar-refractivity contribution in [2.24, 2.45) is 5.73 Å². The molecular formula is C13H13Cl2N5O. The Kier molecular flexibility index (Phi) is 4.59. The molecule has 2 heterocycles. The van der Waals surface area contributed by atoms with Crippen LogP contribution in [0.15, 0.2) is 18.5 Å². The van der Waals surface area contributed by atoms with Crippen LogP contribution in [0, 0.1) is 0 Å². The van der Waals surface area contributed by atoms with Gasteiger partial charge >= 0.3 is 0 Å². The summed E-state index contributed by atoms with van der Waals surface area (Å²) in [5.41, 5.74) is 6.12. The highest BCUT2D eigenvalue weighted by Crippen LogP contribution is 2.29. The van der Waals surface area contributed by atoms with Gasteiger partial charge in [0, 0.05) is 12.4 Å². The molecule has 1 amide bonds. The van der Waals surface area contributed by atoms with Crippen LogP contribution in [0.1, 0.15) is 35.8 Å². The molecule has 0 aromatic carbocycles. The van der Waals surface area contributed by atoms with E-state index in [9.17, 15) is 4.79 Å². The van der Waals surface area contributed by atoms with Gasteiger partial charge in [-0.3, -0.25) is 9.78 Å². The van der Waals surface area contributed by atoms with Crippen LogP contribution in [-0.2, 0) is 0 Å². The Balaban J connectivity index is 2.52. The van der Waals surface area contributed by atoms with Crippen molar-refractivity contribution in [3.8, 4) is 0 Å². The summed E-state index contributed by atoms with van der Waals surface area (Å²) in [5.74, 6) is 0.0535. The third kappa shape index (κ3) is 3.40. The second-order valence-electron chi connectivity index (χ2n) is 4.58. The van der Waals surface area contributed by atoms with Crippen molar-refractivity contribution in [2.75, 3.05) is 5.32 Å². The SMILES string of the molecule is CC(C)c1nccnc1Nc1nc(Cl)cc(Cl)c1C(N)=O. The molecule has 2 rings (SSSR count). The molecule has 0 saturated carbocycles. The van der Waals surface area contributed by atoms with E-state index in [0.29, 0.717) is 5.82 Å². The lowest BCUT2D eigenvalue weighted by Gasteiger charge is -2.14. The molecule has 8 heteroatoms. The Bertz CT molecular complexity index is 690. The van der Waals surface area contributed by atoms with Crippen LogP contribution in [0.5, 0.6) is 0 Å². The van der Waals surface area contributed by atoms with Crippen molar-refractivity contribution in [3.05, 3.63) is 39.9 Å². The van der Waals surface area contributed by atoms with Crippen LogP contribution in [0.25, 0.3) is 0 Å². The summed E-state index contributed by atoms with van der Waals surface area (Å²) >= 11 is 11.9. The fourth-order valence-corrected chi connectivity index (χ4v) is 2.32. The van der Waals surface area contributed by atoms with E-state index >= 15 is 0 Å². The molecule has 3 N–H and O–H groups in total. The smallest absolute Gasteiger partial charge is 0.253 e. The average Bonchev–Trinajstić information content (AvgIpc) is 2.37. The number of hydrogen-bond acceptors (Lipinski definition) is 5. The summed E-state index contributed by atoms with van der Waals surface area (Å²) in [5, 5.41) is 3.20. The zero-order valence-electron chi connectivity index (χ0n) is 11.4. The highest BCUT2D eigenvalue weighted by molar-refractivity contribution is 6.37. The average molecular weight is 326 g/mol. The van der Waals surface area contributed by atoms with Gasteiger partial charge in [0.2, 0.25) is 0 Å². The number of nitrogens with one attached hydrogen (secondary N) is 1. The van der Waals surface area contributed by atoms with E-state index in [1.54, 1.807) is 6.20 Å². The Hall–Kier alpha value is -1.92. The molecule has 2 aromatic heterocycles. The maximum atomic E-state index is 11.5. The van der Waals surface area contributed by atoms with Crippen molar-refractivity contribution < 1.29 is 4.79 Å². The number of carbonyl (C=O) groups is 1. The Morgan fingerprint density at radius 3 is 2.52 bits per heavy atom. The van der Waals surface area contributed by atoms with E-state index in [-0.39, 0.29) is 27.5 Å². The first-order valence-electron chi connectivity index (χ1n) is 6.14. The first kappa shape index (κ1) is 15.5. The summed E-state index contributed by atoms with van der Waals surface area (Å²) < 4.78 is 0. The normalized spacial score (nSPS) is 10.7. The highest BCUT2D eigenvalue weighted by atomic mass is 35.5. The van der Waals surface area contributed by atoms with Crippen molar-refractivity contribution in [1.82, 2.24) is 15.0 Å². The van der Waals surface area contributed by atoms with Crippen LogP contribution in [0.4, 0.5) is 11.6 Å². The van der Waals surface area contributed by atoms with Crippen LogP contribution < -0.4 is 11.1 Å². The third-order valence-electron chi connectivity index (χ3n) is 2.70. The van der Waals surface area contributed by atoms with Crippen LogP contribution in [-0.4, -0.2) is 20.9 Å². The molecule has 0 atom stereocenters. The molecule has 0 aliphatic carbocycles. The van der Waals surface area contributed by atoms with Crippen molar-refractivity contribution in [1.29, 1.82) is 0 Å². The molecule has 21 heavy (non-hydrogen) atoms. The van der Waals surface area contributed by atoms with E-state index in [0.717, 1.165) is 5.69 Å².